The number of fused-ring (bicyclic) bond motifs is 3. The molecule has 2 aromatic heterocycles. The fourth-order valence-electron chi connectivity index (χ4n) is 3.91. The van der Waals surface area contributed by atoms with Crippen LogP contribution in [0.3, 0.4) is 0 Å². The van der Waals surface area contributed by atoms with E-state index < -0.39 is 0 Å². The summed E-state index contributed by atoms with van der Waals surface area (Å²) in [7, 11) is 0. The lowest BCUT2D eigenvalue weighted by Gasteiger charge is -2.20. The largest absolute Gasteiger partial charge is 0.317 e. The molecule has 0 atom stereocenters. The van der Waals surface area contributed by atoms with Gasteiger partial charge in [0.1, 0.15) is 0 Å². The summed E-state index contributed by atoms with van der Waals surface area (Å²) in [5.41, 5.74) is 7.13. The van der Waals surface area contributed by atoms with Gasteiger partial charge in [0.2, 0.25) is 0 Å². The van der Waals surface area contributed by atoms with E-state index in [-0.39, 0.29) is 0 Å². The van der Waals surface area contributed by atoms with Crippen LogP contribution in [0.5, 0.6) is 0 Å². The molecule has 0 bridgehead atoms. The van der Waals surface area contributed by atoms with E-state index in [1.54, 1.807) is 0 Å². The van der Waals surface area contributed by atoms with Gasteiger partial charge < -0.3 is 5.32 Å². The van der Waals surface area contributed by atoms with Crippen molar-refractivity contribution in [1.29, 1.82) is 0 Å². The van der Waals surface area contributed by atoms with E-state index in [9.17, 15) is 0 Å². The van der Waals surface area contributed by atoms with Gasteiger partial charge >= 0.3 is 0 Å². The van der Waals surface area contributed by atoms with E-state index in [0.717, 1.165) is 49.4 Å². The Morgan fingerprint density at radius 2 is 1.96 bits per heavy atom. The van der Waals surface area contributed by atoms with Gasteiger partial charge in [-0.1, -0.05) is 29.5 Å². The highest BCUT2D eigenvalue weighted by atomic mass is 15.4. The minimum Gasteiger partial charge on any atom is -0.317 e. The van der Waals surface area contributed by atoms with Gasteiger partial charge in [0.15, 0.2) is 0 Å². The Kier molecular flexibility index (Phi) is 3.19. The quantitative estimate of drug-likeness (QED) is 0.617. The molecule has 0 spiro atoms. The van der Waals surface area contributed by atoms with Crippen LogP contribution in [0, 0.1) is 0 Å². The summed E-state index contributed by atoms with van der Waals surface area (Å²) in [6.07, 6.45) is 7.15. The zero-order valence-electron chi connectivity index (χ0n) is 13.4. The van der Waals surface area contributed by atoms with E-state index in [4.69, 9.17) is 0 Å². The number of aromatic nitrogens is 4. The normalized spacial score (nSPS) is 16.8. The maximum Gasteiger partial charge on any atom is 0.0863 e. The Balaban J connectivity index is 1.58. The van der Waals surface area contributed by atoms with Crippen molar-refractivity contribution in [3.05, 3.63) is 59.7 Å². The molecule has 3 aromatic rings. The molecule has 1 aromatic carbocycles. The number of piperidine rings is 1. The number of benzene rings is 1. The molecular weight excluding hydrogens is 298 g/mol. The predicted molar refractivity (Wildman–Crippen MR) is 92.2 cm³/mol. The number of pyridine rings is 1. The Morgan fingerprint density at radius 3 is 2.88 bits per heavy atom. The fourth-order valence-corrected chi connectivity index (χ4v) is 3.91. The molecule has 1 saturated heterocycles. The van der Waals surface area contributed by atoms with E-state index in [0.29, 0.717) is 5.92 Å². The third kappa shape index (κ3) is 2.16. The molecule has 1 aliphatic carbocycles. The molecular formula is C19H19N5. The van der Waals surface area contributed by atoms with E-state index in [1.165, 1.54) is 16.7 Å². The lowest BCUT2D eigenvalue weighted by atomic mass is 9.95. The van der Waals surface area contributed by atoms with E-state index >= 15 is 0 Å². The number of nitrogens with one attached hydrogen (secondary N) is 1. The molecule has 5 rings (SSSR count). The van der Waals surface area contributed by atoms with Crippen molar-refractivity contribution in [2.24, 2.45) is 0 Å². The third-order valence-corrected chi connectivity index (χ3v) is 5.17. The van der Waals surface area contributed by atoms with Crippen LogP contribution in [0.25, 0.3) is 16.8 Å². The number of nitrogens with zero attached hydrogens (tertiary/aromatic N) is 4. The molecule has 1 fully saturated rings. The van der Waals surface area contributed by atoms with Crippen LogP contribution in [0.2, 0.25) is 0 Å². The molecule has 0 unspecified atom stereocenters. The summed E-state index contributed by atoms with van der Waals surface area (Å²) >= 11 is 0. The van der Waals surface area contributed by atoms with Crippen molar-refractivity contribution in [3.8, 4) is 16.8 Å². The monoisotopic (exact) mass is 317 g/mol. The van der Waals surface area contributed by atoms with Crippen LogP contribution < -0.4 is 5.32 Å². The molecule has 24 heavy (non-hydrogen) atoms. The first-order valence-corrected chi connectivity index (χ1v) is 8.59. The third-order valence-electron chi connectivity index (χ3n) is 5.17. The van der Waals surface area contributed by atoms with Crippen molar-refractivity contribution in [3.63, 3.8) is 0 Å². The first-order chi connectivity index (χ1) is 11.9. The Labute approximate surface area is 140 Å². The zero-order chi connectivity index (χ0) is 15.9. The average Bonchev–Trinajstić information content (AvgIpc) is 3.27. The lowest BCUT2D eigenvalue weighted by molar-refractivity contribution is 0.453. The van der Waals surface area contributed by atoms with Gasteiger partial charge in [-0.05, 0) is 43.1 Å². The van der Waals surface area contributed by atoms with Gasteiger partial charge in [0.25, 0.3) is 0 Å². The Morgan fingerprint density at radius 1 is 1.08 bits per heavy atom. The van der Waals surface area contributed by atoms with Crippen molar-refractivity contribution in [2.45, 2.75) is 25.2 Å². The molecule has 1 N–H and O–H groups in total. The smallest absolute Gasteiger partial charge is 0.0863 e. The average molecular weight is 317 g/mol. The minimum atomic E-state index is 0.516. The fraction of sp³-hybridized carbons (Fsp3) is 0.316. The molecule has 5 heteroatoms. The topological polar surface area (TPSA) is 55.6 Å². The molecule has 2 aliphatic rings. The van der Waals surface area contributed by atoms with Gasteiger partial charge in [0, 0.05) is 24.1 Å². The van der Waals surface area contributed by atoms with Gasteiger partial charge in [0.05, 0.1) is 23.3 Å². The van der Waals surface area contributed by atoms with Crippen molar-refractivity contribution >= 4 is 0 Å². The number of rotatable bonds is 2. The first-order valence-electron chi connectivity index (χ1n) is 8.59. The molecule has 1 aliphatic heterocycles. The Bertz CT molecular complexity index is 892. The van der Waals surface area contributed by atoms with Crippen molar-refractivity contribution in [1.82, 2.24) is 25.3 Å². The second-order valence-corrected chi connectivity index (χ2v) is 6.60. The molecule has 0 amide bonds. The zero-order valence-corrected chi connectivity index (χ0v) is 13.4. The molecule has 0 saturated carbocycles. The summed E-state index contributed by atoms with van der Waals surface area (Å²) < 4.78 is 1.93. The predicted octanol–water partition coefficient (Wildman–Crippen LogP) is 2.70. The second kappa shape index (κ2) is 5.53. The maximum absolute atomic E-state index is 4.59. The standard InChI is InChI=1S/C19H19N5/c1-2-4-15-14(3-1)11-16-19(15)18(7-10-21-16)24-12-17(22-23-24)13-5-8-20-9-6-13/h1-4,7,10,12-13,20H,5-6,8-9,11H2. The second-order valence-electron chi connectivity index (χ2n) is 6.60. The minimum absolute atomic E-state index is 0.516. The van der Waals surface area contributed by atoms with Crippen LogP contribution in [0.15, 0.2) is 42.7 Å². The summed E-state index contributed by atoms with van der Waals surface area (Å²) in [6.45, 7) is 2.13. The Hall–Kier alpha value is -2.53. The van der Waals surface area contributed by atoms with Crippen molar-refractivity contribution in [2.75, 3.05) is 13.1 Å². The highest BCUT2D eigenvalue weighted by Crippen LogP contribution is 2.39. The lowest BCUT2D eigenvalue weighted by Crippen LogP contribution is -2.26. The van der Waals surface area contributed by atoms with Crippen LogP contribution in [0.4, 0.5) is 0 Å². The highest BCUT2D eigenvalue weighted by molar-refractivity contribution is 5.81. The SMILES string of the molecule is c1ccc2c(c1)Cc1nccc(-n3cc(C4CCNCC4)nn3)c1-2. The maximum atomic E-state index is 4.59. The van der Waals surface area contributed by atoms with Crippen LogP contribution in [-0.4, -0.2) is 33.1 Å². The van der Waals surface area contributed by atoms with Gasteiger partial charge in [-0.25, -0.2) is 4.68 Å². The molecule has 5 nitrogen and oxygen atoms in total. The first kappa shape index (κ1) is 13.9. The number of hydrogen-bond acceptors (Lipinski definition) is 4. The van der Waals surface area contributed by atoms with E-state index in [2.05, 4.69) is 51.1 Å². The van der Waals surface area contributed by atoms with E-state index in [1.807, 2.05) is 16.9 Å². The van der Waals surface area contributed by atoms with Crippen molar-refractivity contribution < 1.29 is 0 Å². The molecule has 120 valence electrons. The highest BCUT2D eigenvalue weighted by Gasteiger charge is 2.24. The summed E-state index contributed by atoms with van der Waals surface area (Å²) in [5.74, 6) is 0.516. The summed E-state index contributed by atoms with van der Waals surface area (Å²) in [6, 6.07) is 10.6. The molecule has 3 heterocycles. The summed E-state index contributed by atoms with van der Waals surface area (Å²) in [4.78, 5) is 4.59. The van der Waals surface area contributed by atoms with Gasteiger partial charge in [-0.3, -0.25) is 4.98 Å². The number of hydrogen-bond donors (Lipinski definition) is 1. The van der Waals surface area contributed by atoms with Crippen LogP contribution in [0.1, 0.15) is 35.7 Å². The van der Waals surface area contributed by atoms with Gasteiger partial charge in [-0.2, -0.15) is 0 Å². The molecule has 0 radical (unpaired) electrons. The van der Waals surface area contributed by atoms with Crippen LogP contribution >= 0.6 is 0 Å². The van der Waals surface area contributed by atoms with Crippen LogP contribution in [-0.2, 0) is 6.42 Å². The summed E-state index contributed by atoms with van der Waals surface area (Å²) in [5, 5.41) is 12.3. The van der Waals surface area contributed by atoms with Gasteiger partial charge in [-0.15, -0.1) is 5.10 Å².